The van der Waals surface area contributed by atoms with Gasteiger partial charge in [-0.15, -0.1) is 11.3 Å². The zero-order valence-electron chi connectivity index (χ0n) is 20.5. The number of pyridine rings is 1. The molecule has 0 unspecified atom stereocenters. The van der Waals surface area contributed by atoms with Crippen LogP contribution in [-0.4, -0.2) is 24.0 Å². The molecule has 3 aromatic carbocycles. The first-order valence-electron chi connectivity index (χ1n) is 11.6. The molecule has 0 aliphatic heterocycles. The fourth-order valence-corrected chi connectivity index (χ4v) is 5.43. The lowest BCUT2D eigenvalue weighted by atomic mass is 9.97. The maximum Gasteiger partial charge on any atom is 0.341 e. The number of rotatable bonds is 5. The lowest BCUT2D eigenvalue weighted by Gasteiger charge is -2.15. The van der Waals surface area contributed by atoms with Crippen molar-refractivity contribution in [1.29, 1.82) is 0 Å². The average molecular weight is 527 g/mol. The van der Waals surface area contributed by atoms with Crippen LogP contribution in [0, 0.1) is 13.8 Å². The Morgan fingerprint density at radius 3 is 2.27 bits per heavy atom. The van der Waals surface area contributed by atoms with Gasteiger partial charge in [-0.2, -0.15) is 0 Å². The Hall–Kier alpha value is -4.00. The normalized spacial score (nSPS) is 10.9. The number of carbonyl (C=O) groups is 2. The summed E-state index contributed by atoms with van der Waals surface area (Å²) in [5, 5.41) is 6.64. The van der Waals surface area contributed by atoms with Crippen LogP contribution < -0.4 is 5.32 Å². The van der Waals surface area contributed by atoms with Gasteiger partial charge < -0.3 is 10.1 Å². The number of hydrogen-bond donors (Lipinski definition) is 1. The zero-order valence-corrected chi connectivity index (χ0v) is 22.0. The van der Waals surface area contributed by atoms with Gasteiger partial charge in [-0.25, -0.2) is 9.78 Å². The fraction of sp³-hybridized carbons (Fsp3) is 0.100. The molecule has 0 saturated heterocycles. The summed E-state index contributed by atoms with van der Waals surface area (Å²) >= 11 is 7.38. The van der Waals surface area contributed by atoms with Crippen molar-refractivity contribution in [2.24, 2.45) is 0 Å². The predicted molar refractivity (Wildman–Crippen MR) is 151 cm³/mol. The molecule has 2 aromatic heterocycles. The number of carbonyl (C=O) groups excluding carboxylic acids is 2. The van der Waals surface area contributed by atoms with E-state index in [-0.39, 0.29) is 5.91 Å². The molecule has 2 heterocycles. The van der Waals surface area contributed by atoms with Crippen LogP contribution in [0.15, 0.2) is 78.2 Å². The van der Waals surface area contributed by atoms with Crippen molar-refractivity contribution < 1.29 is 14.3 Å². The minimum absolute atomic E-state index is 0.325. The summed E-state index contributed by atoms with van der Waals surface area (Å²) < 4.78 is 5.08. The molecule has 5 aromatic rings. The molecule has 5 nitrogen and oxygen atoms in total. The smallest absolute Gasteiger partial charge is 0.341 e. The van der Waals surface area contributed by atoms with E-state index in [4.69, 9.17) is 21.3 Å². The average Bonchev–Trinajstić information content (AvgIpc) is 3.32. The number of nitrogens with zero attached hydrogens (tertiary/aromatic N) is 1. The first kappa shape index (κ1) is 24.7. The van der Waals surface area contributed by atoms with Crippen molar-refractivity contribution in [3.05, 3.63) is 105 Å². The van der Waals surface area contributed by atoms with Gasteiger partial charge in [-0.1, -0.05) is 71.8 Å². The Balaban J connectivity index is 1.62. The van der Waals surface area contributed by atoms with Crippen molar-refractivity contribution in [1.82, 2.24) is 4.98 Å². The van der Waals surface area contributed by atoms with Gasteiger partial charge in [-0.3, -0.25) is 4.79 Å². The maximum absolute atomic E-state index is 13.8. The second kappa shape index (κ2) is 10.2. The van der Waals surface area contributed by atoms with E-state index >= 15 is 0 Å². The molecule has 0 atom stereocenters. The van der Waals surface area contributed by atoms with Gasteiger partial charge >= 0.3 is 5.97 Å². The van der Waals surface area contributed by atoms with Crippen molar-refractivity contribution in [2.45, 2.75) is 13.8 Å². The van der Waals surface area contributed by atoms with E-state index in [2.05, 4.69) is 5.32 Å². The van der Waals surface area contributed by atoms with E-state index in [9.17, 15) is 9.59 Å². The molecule has 1 amide bonds. The van der Waals surface area contributed by atoms with E-state index in [1.54, 1.807) is 12.1 Å². The summed E-state index contributed by atoms with van der Waals surface area (Å²) in [4.78, 5) is 31.5. The molecule has 7 heteroatoms. The van der Waals surface area contributed by atoms with Crippen molar-refractivity contribution in [2.75, 3.05) is 12.4 Å². The van der Waals surface area contributed by atoms with Gasteiger partial charge in [0.2, 0.25) is 0 Å². The quantitative estimate of drug-likeness (QED) is 0.236. The standard InChI is InChI=1S/C30H23ClN2O3S/c1-17-8-10-19(11-9-17)23-16-37-29(26(23)30(35)36-3)33-28(34)25-18(2)27(20-12-14-21(31)15-13-20)32-24-7-5-4-6-22(24)25/h4-16H,1-3H3,(H,33,34). The Labute approximate surface area is 223 Å². The number of anilines is 1. The molecule has 0 spiro atoms. The van der Waals surface area contributed by atoms with Crippen LogP contribution in [0.2, 0.25) is 5.02 Å². The fourth-order valence-electron chi connectivity index (χ4n) is 4.35. The number of aromatic nitrogens is 1. The van der Waals surface area contributed by atoms with Crippen LogP contribution in [0.5, 0.6) is 0 Å². The first-order chi connectivity index (χ1) is 17.9. The number of amides is 1. The number of halogens is 1. The van der Waals surface area contributed by atoms with E-state index < -0.39 is 5.97 Å². The zero-order chi connectivity index (χ0) is 26.1. The number of hydrogen-bond acceptors (Lipinski definition) is 5. The summed E-state index contributed by atoms with van der Waals surface area (Å²) in [6.45, 7) is 3.88. The number of thiophene rings is 1. The first-order valence-corrected chi connectivity index (χ1v) is 12.9. The van der Waals surface area contributed by atoms with E-state index in [0.717, 1.165) is 27.6 Å². The molecule has 0 aliphatic carbocycles. The lowest BCUT2D eigenvalue weighted by Crippen LogP contribution is -2.17. The van der Waals surface area contributed by atoms with Gasteiger partial charge in [-0.05, 0) is 43.2 Å². The van der Waals surface area contributed by atoms with Crippen molar-refractivity contribution >= 4 is 50.7 Å². The monoisotopic (exact) mass is 526 g/mol. The molecular formula is C30H23ClN2O3S. The van der Waals surface area contributed by atoms with Gasteiger partial charge in [0.1, 0.15) is 10.6 Å². The van der Waals surface area contributed by atoms with Crippen LogP contribution >= 0.6 is 22.9 Å². The van der Waals surface area contributed by atoms with Crippen LogP contribution in [0.25, 0.3) is 33.3 Å². The molecule has 184 valence electrons. The number of para-hydroxylation sites is 1. The Morgan fingerprint density at radius 1 is 0.892 bits per heavy atom. The number of esters is 1. The third-order valence-electron chi connectivity index (χ3n) is 6.25. The molecule has 5 rings (SSSR count). The number of benzene rings is 3. The van der Waals surface area contributed by atoms with Crippen LogP contribution in [0.3, 0.4) is 0 Å². The van der Waals surface area contributed by atoms with Crippen LogP contribution in [0.4, 0.5) is 5.00 Å². The topological polar surface area (TPSA) is 68.3 Å². The third kappa shape index (κ3) is 4.73. The van der Waals surface area contributed by atoms with E-state index in [0.29, 0.717) is 37.9 Å². The maximum atomic E-state index is 13.8. The second-order valence-electron chi connectivity index (χ2n) is 8.65. The van der Waals surface area contributed by atoms with E-state index in [1.165, 1.54) is 18.4 Å². The molecule has 0 saturated carbocycles. The minimum atomic E-state index is -0.509. The molecule has 0 radical (unpaired) electrons. The third-order valence-corrected chi connectivity index (χ3v) is 7.40. The predicted octanol–water partition coefficient (Wildman–Crippen LogP) is 7.94. The van der Waals surface area contributed by atoms with Gasteiger partial charge in [0, 0.05) is 26.9 Å². The molecule has 37 heavy (non-hydrogen) atoms. The second-order valence-corrected chi connectivity index (χ2v) is 9.97. The van der Waals surface area contributed by atoms with Gasteiger partial charge in [0.05, 0.1) is 23.9 Å². The van der Waals surface area contributed by atoms with Crippen LogP contribution in [0.1, 0.15) is 31.8 Å². The molecule has 1 N–H and O–H groups in total. The highest BCUT2D eigenvalue weighted by atomic mass is 35.5. The highest BCUT2D eigenvalue weighted by Crippen LogP contribution is 2.37. The van der Waals surface area contributed by atoms with Crippen molar-refractivity contribution in [3.8, 4) is 22.4 Å². The molecule has 0 aliphatic rings. The van der Waals surface area contributed by atoms with Gasteiger partial charge in [0.25, 0.3) is 5.91 Å². The largest absolute Gasteiger partial charge is 0.465 e. The van der Waals surface area contributed by atoms with Crippen LogP contribution in [-0.2, 0) is 4.74 Å². The number of ether oxygens (including phenoxy) is 1. The Morgan fingerprint density at radius 2 is 1.57 bits per heavy atom. The summed E-state index contributed by atoms with van der Waals surface area (Å²) in [5.41, 5.74) is 6.51. The number of aryl methyl sites for hydroxylation is 1. The molecule has 0 bridgehead atoms. The summed E-state index contributed by atoms with van der Waals surface area (Å²) in [6.07, 6.45) is 0. The highest BCUT2D eigenvalue weighted by Gasteiger charge is 2.25. The number of nitrogens with one attached hydrogen (secondary N) is 1. The Kier molecular flexibility index (Phi) is 6.78. The summed E-state index contributed by atoms with van der Waals surface area (Å²) in [5.74, 6) is -0.834. The molecule has 0 fully saturated rings. The van der Waals surface area contributed by atoms with Crippen molar-refractivity contribution in [3.63, 3.8) is 0 Å². The minimum Gasteiger partial charge on any atom is -0.465 e. The molecular weight excluding hydrogens is 504 g/mol. The number of methoxy groups -OCH3 is 1. The summed E-state index contributed by atoms with van der Waals surface area (Å²) in [6, 6.07) is 22.8. The van der Waals surface area contributed by atoms with E-state index in [1.807, 2.05) is 79.9 Å². The lowest BCUT2D eigenvalue weighted by molar-refractivity contribution is 0.0603. The number of fused-ring (bicyclic) bond motifs is 1. The van der Waals surface area contributed by atoms with Gasteiger partial charge in [0.15, 0.2) is 0 Å². The SMILES string of the molecule is COC(=O)c1c(-c2ccc(C)cc2)csc1NC(=O)c1c(C)c(-c2ccc(Cl)cc2)nc2ccccc12. The summed E-state index contributed by atoms with van der Waals surface area (Å²) in [7, 11) is 1.34. The Bertz CT molecular complexity index is 1640. The highest BCUT2D eigenvalue weighted by molar-refractivity contribution is 7.15.